The Morgan fingerprint density at radius 3 is 2.61 bits per heavy atom. The minimum atomic E-state index is -0.322. The quantitative estimate of drug-likeness (QED) is 0.538. The maximum Gasteiger partial charge on any atom is 0.134 e. The molecule has 4 aromatic rings. The van der Waals surface area contributed by atoms with Crippen LogP contribution in [0.2, 0.25) is 0 Å². The van der Waals surface area contributed by atoms with Crippen molar-refractivity contribution in [1.82, 2.24) is 25.1 Å². The molecule has 1 aliphatic rings. The molecular formula is C24H27FN6. The first kappa shape index (κ1) is 19.9. The molecule has 6 nitrogen and oxygen atoms in total. The van der Waals surface area contributed by atoms with Gasteiger partial charge in [-0.1, -0.05) is 0 Å². The molecule has 1 fully saturated rings. The highest BCUT2D eigenvalue weighted by Gasteiger charge is 2.26. The molecule has 5 rings (SSSR count). The Morgan fingerprint density at radius 1 is 1.03 bits per heavy atom. The van der Waals surface area contributed by atoms with E-state index in [0.29, 0.717) is 22.8 Å². The average Bonchev–Trinajstić information content (AvgIpc) is 3.30. The van der Waals surface area contributed by atoms with E-state index in [-0.39, 0.29) is 11.4 Å². The summed E-state index contributed by atoms with van der Waals surface area (Å²) in [6, 6.07) is 11.5. The SMILES string of the molecule is Cn1cc2cc(-c3ccc4nc(N5CCC(NC(C)(C)C)C5)ccc4n3)c(F)cc2n1. The number of aromatic nitrogens is 4. The van der Waals surface area contributed by atoms with Crippen molar-refractivity contribution in [1.29, 1.82) is 0 Å². The number of halogens is 1. The van der Waals surface area contributed by atoms with E-state index in [1.54, 1.807) is 10.7 Å². The Kier molecular flexibility index (Phi) is 4.66. The lowest BCUT2D eigenvalue weighted by molar-refractivity contribution is 0.373. The third-order valence-electron chi connectivity index (χ3n) is 5.66. The molecule has 31 heavy (non-hydrogen) atoms. The van der Waals surface area contributed by atoms with Crippen LogP contribution in [0.3, 0.4) is 0 Å². The standard InChI is InChI=1S/C24H27FN6/c1-24(2,3)28-16-9-10-31(14-16)23-8-7-20-21(27-23)6-5-19(26-20)17-11-15-13-30(4)29-22(15)12-18(17)25/h5-8,11-13,16,28H,9-10,14H2,1-4H3. The van der Waals surface area contributed by atoms with Crippen LogP contribution in [0.5, 0.6) is 0 Å². The van der Waals surface area contributed by atoms with Crippen LogP contribution in [0.25, 0.3) is 33.2 Å². The number of aryl methyl sites for hydroxylation is 1. The highest BCUT2D eigenvalue weighted by atomic mass is 19.1. The van der Waals surface area contributed by atoms with Gasteiger partial charge < -0.3 is 10.2 Å². The van der Waals surface area contributed by atoms with Crippen LogP contribution < -0.4 is 10.2 Å². The van der Waals surface area contributed by atoms with E-state index >= 15 is 0 Å². The number of rotatable bonds is 3. The minimum absolute atomic E-state index is 0.103. The van der Waals surface area contributed by atoms with Crippen molar-refractivity contribution in [3.05, 3.63) is 48.4 Å². The average molecular weight is 419 g/mol. The van der Waals surface area contributed by atoms with Gasteiger partial charge in [0, 0.05) is 54.9 Å². The molecule has 1 unspecified atom stereocenters. The maximum absolute atomic E-state index is 14.7. The molecule has 4 heterocycles. The van der Waals surface area contributed by atoms with Gasteiger partial charge in [-0.15, -0.1) is 0 Å². The van der Waals surface area contributed by atoms with Crippen molar-refractivity contribution in [3.8, 4) is 11.3 Å². The molecule has 0 amide bonds. The van der Waals surface area contributed by atoms with E-state index in [0.717, 1.165) is 41.7 Å². The van der Waals surface area contributed by atoms with E-state index in [1.807, 2.05) is 37.5 Å². The summed E-state index contributed by atoms with van der Waals surface area (Å²) in [4.78, 5) is 11.8. The summed E-state index contributed by atoms with van der Waals surface area (Å²) in [5, 5.41) is 8.84. The second-order valence-corrected chi connectivity index (χ2v) is 9.42. The molecule has 0 spiro atoms. The summed E-state index contributed by atoms with van der Waals surface area (Å²) in [5.74, 6) is 0.639. The monoisotopic (exact) mass is 418 g/mol. The topological polar surface area (TPSA) is 58.9 Å². The van der Waals surface area contributed by atoms with Gasteiger partial charge in [-0.2, -0.15) is 5.10 Å². The summed E-state index contributed by atoms with van der Waals surface area (Å²) in [5.41, 5.74) is 3.39. The van der Waals surface area contributed by atoms with Gasteiger partial charge in [0.2, 0.25) is 0 Å². The second-order valence-electron chi connectivity index (χ2n) is 9.42. The predicted octanol–water partition coefficient (Wildman–Crippen LogP) is 4.29. The zero-order valence-electron chi connectivity index (χ0n) is 18.4. The molecule has 1 aliphatic heterocycles. The Labute approximate surface area is 181 Å². The largest absolute Gasteiger partial charge is 0.355 e. The van der Waals surface area contributed by atoms with E-state index < -0.39 is 0 Å². The van der Waals surface area contributed by atoms with Crippen molar-refractivity contribution in [2.45, 2.75) is 38.8 Å². The molecule has 7 heteroatoms. The Hall–Kier alpha value is -3.06. The summed E-state index contributed by atoms with van der Waals surface area (Å²) >= 11 is 0. The summed E-state index contributed by atoms with van der Waals surface area (Å²) in [6.07, 6.45) is 2.98. The zero-order chi connectivity index (χ0) is 21.8. The first-order valence-electron chi connectivity index (χ1n) is 10.7. The molecule has 0 radical (unpaired) electrons. The molecule has 160 valence electrons. The zero-order valence-corrected chi connectivity index (χ0v) is 18.4. The molecule has 1 saturated heterocycles. The fourth-order valence-electron chi connectivity index (χ4n) is 4.39. The maximum atomic E-state index is 14.7. The molecule has 1 N–H and O–H groups in total. The van der Waals surface area contributed by atoms with Gasteiger partial charge in [-0.25, -0.2) is 14.4 Å². The normalized spacial score (nSPS) is 17.2. The first-order chi connectivity index (χ1) is 14.7. The van der Waals surface area contributed by atoms with Gasteiger partial charge in [-0.3, -0.25) is 4.68 Å². The Morgan fingerprint density at radius 2 is 1.81 bits per heavy atom. The number of benzene rings is 1. The van der Waals surface area contributed by atoms with E-state index in [9.17, 15) is 4.39 Å². The third kappa shape index (κ3) is 3.97. The number of nitrogens with zero attached hydrogens (tertiary/aromatic N) is 5. The molecule has 1 atom stereocenters. The minimum Gasteiger partial charge on any atom is -0.355 e. The number of hydrogen-bond donors (Lipinski definition) is 1. The van der Waals surface area contributed by atoms with Gasteiger partial charge in [0.15, 0.2) is 0 Å². The van der Waals surface area contributed by atoms with Crippen LogP contribution in [0.15, 0.2) is 42.6 Å². The van der Waals surface area contributed by atoms with E-state index in [1.165, 1.54) is 6.07 Å². The van der Waals surface area contributed by atoms with Gasteiger partial charge in [-0.05, 0) is 57.5 Å². The van der Waals surface area contributed by atoms with Crippen molar-refractivity contribution in [2.24, 2.45) is 7.05 Å². The van der Waals surface area contributed by atoms with E-state index in [2.05, 4.69) is 36.1 Å². The number of hydrogen-bond acceptors (Lipinski definition) is 5. The van der Waals surface area contributed by atoms with Crippen molar-refractivity contribution < 1.29 is 4.39 Å². The Bertz CT molecular complexity index is 1270. The molecule has 1 aromatic carbocycles. The molecule has 0 saturated carbocycles. The lowest BCUT2D eigenvalue weighted by atomic mass is 10.1. The fourth-order valence-corrected chi connectivity index (χ4v) is 4.39. The Balaban J connectivity index is 1.43. The third-order valence-corrected chi connectivity index (χ3v) is 5.66. The van der Waals surface area contributed by atoms with Crippen LogP contribution in [0.4, 0.5) is 10.2 Å². The van der Waals surface area contributed by atoms with Gasteiger partial charge in [0.1, 0.15) is 11.6 Å². The summed E-state index contributed by atoms with van der Waals surface area (Å²) in [6.45, 7) is 8.51. The van der Waals surface area contributed by atoms with Crippen LogP contribution in [-0.4, -0.2) is 44.4 Å². The van der Waals surface area contributed by atoms with Crippen molar-refractivity contribution >= 4 is 27.8 Å². The summed E-state index contributed by atoms with van der Waals surface area (Å²) in [7, 11) is 1.83. The predicted molar refractivity (Wildman–Crippen MR) is 123 cm³/mol. The second kappa shape index (κ2) is 7.27. The molecule has 0 aliphatic carbocycles. The molecule has 3 aromatic heterocycles. The highest BCUT2D eigenvalue weighted by molar-refractivity contribution is 5.86. The lowest BCUT2D eigenvalue weighted by Crippen LogP contribution is -2.44. The van der Waals surface area contributed by atoms with Gasteiger partial charge in [0.05, 0.1) is 22.2 Å². The first-order valence-corrected chi connectivity index (χ1v) is 10.7. The fraction of sp³-hybridized carbons (Fsp3) is 0.375. The van der Waals surface area contributed by atoms with Crippen LogP contribution in [-0.2, 0) is 7.05 Å². The number of pyridine rings is 2. The smallest absolute Gasteiger partial charge is 0.134 e. The van der Waals surface area contributed by atoms with Crippen LogP contribution >= 0.6 is 0 Å². The number of anilines is 1. The summed E-state index contributed by atoms with van der Waals surface area (Å²) < 4.78 is 16.4. The van der Waals surface area contributed by atoms with Crippen molar-refractivity contribution in [2.75, 3.05) is 18.0 Å². The number of nitrogens with one attached hydrogen (secondary N) is 1. The van der Waals surface area contributed by atoms with Crippen molar-refractivity contribution in [3.63, 3.8) is 0 Å². The molecular weight excluding hydrogens is 391 g/mol. The van der Waals surface area contributed by atoms with Gasteiger partial charge in [0.25, 0.3) is 0 Å². The van der Waals surface area contributed by atoms with Crippen LogP contribution in [0.1, 0.15) is 27.2 Å². The number of fused-ring (bicyclic) bond motifs is 2. The van der Waals surface area contributed by atoms with Gasteiger partial charge >= 0.3 is 0 Å². The highest BCUT2D eigenvalue weighted by Crippen LogP contribution is 2.28. The van der Waals surface area contributed by atoms with E-state index in [4.69, 9.17) is 9.97 Å². The lowest BCUT2D eigenvalue weighted by Gasteiger charge is -2.26. The molecule has 0 bridgehead atoms. The van der Waals surface area contributed by atoms with Crippen LogP contribution in [0, 0.1) is 5.82 Å².